The van der Waals surface area contributed by atoms with E-state index in [1.165, 1.54) is 53.1 Å². The van der Waals surface area contributed by atoms with Crippen LogP contribution in [0.3, 0.4) is 0 Å². The molecule has 1 saturated heterocycles. The van der Waals surface area contributed by atoms with Gasteiger partial charge in [-0.3, -0.25) is 14.5 Å². The van der Waals surface area contributed by atoms with Crippen molar-refractivity contribution in [2.45, 2.75) is 11.4 Å². The molecule has 0 N–H and O–H groups in total. The van der Waals surface area contributed by atoms with Crippen molar-refractivity contribution in [3.63, 3.8) is 0 Å². The Morgan fingerprint density at radius 3 is 2.43 bits per heavy atom. The van der Waals surface area contributed by atoms with Crippen LogP contribution in [0.4, 0.5) is 20.2 Å². The molecule has 0 unspecified atom stereocenters. The number of halogens is 2. The summed E-state index contributed by atoms with van der Waals surface area (Å²) < 4.78 is 27.2. The van der Waals surface area contributed by atoms with Gasteiger partial charge in [0, 0.05) is 11.3 Å². The number of para-hydroxylation sites is 1. The average molecular weight is 422 g/mol. The summed E-state index contributed by atoms with van der Waals surface area (Å²) in [6.45, 7) is 0.182. The Bertz CT molecular complexity index is 1170. The molecule has 3 aromatic carbocycles. The van der Waals surface area contributed by atoms with Gasteiger partial charge in [0.25, 0.3) is 5.91 Å². The fourth-order valence-corrected chi connectivity index (χ4v) is 5.48. The molecule has 2 aliphatic rings. The molecule has 30 heavy (non-hydrogen) atoms. The van der Waals surface area contributed by atoms with Crippen LogP contribution in [0.5, 0.6) is 0 Å². The van der Waals surface area contributed by atoms with E-state index >= 15 is 0 Å². The van der Waals surface area contributed by atoms with Gasteiger partial charge in [-0.1, -0.05) is 30.3 Å². The molecule has 0 aromatic heterocycles. The van der Waals surface area contributed by atoms with Crippen LogP contribution in [0.15, 0.2) is 72.8 Å². The maximum absolute atomic E-state index is 13.8. The highest BCUT2D eigenvalue weighted by Gasteiger charge is 2.60. The van der Waals surface area contributed by atoms with Gasteiger partial charge in [-0.25, -0.2) is 8.78 Å². The summed E-state index contributed by atoms with van der Waals surface area (Å²) in [6, 6.07) is 19.0. The Balaban J connectivity index is 1.64. The number of hydrogen-bond acceptors (Lipinski definition) is 3. The standard InChI is InChI=1S/C23H16F2N2O2S/c24-16-8-10-18(11-9-16)27-21(28)14-30-23(27)19-6-1-2-7-20(19)26(22(23)29)13-15-4-3-5-17(25)12-15/h1-12H,13-14H2/t23-/m1/s1. The highest BCUT2D eigenvalue weighted by atomic mass is 32.2. The third-order valence-electron chi connectivity index (χ3n) is 5.38. The van der Waals surface area contributed by atoms with Crippen molar-refractivity contribution in [2.75, 3.05) is 15.6 Å². The first-order chi connectivity index (χ1) is 14.5. The molecule has 1 fully saturated rings. The molecule has 2 amide bonds. The lowest BCUT2D eigenvalue weighted by Gasteiger charge is -2.33. The number of carbonyl (C=O) groups is 2. The molecule has 2 heterocycles. The van der Waals surface area contributed by atoms with Gasteiger partial charge in [0.05, 0.1) is 18.0 Å². The Labute approximate surface area is 176 Å². The minimum absolute atomic E-state index is 0.130. The second-order valence-electron chi connectivity index (χ2n) is 7.18. The first-order valence-electron chi connectivity index (χ1n) is 9.39. The van der Waals surface area contributed by atoms with E-state index in [-0.39, 0.29) is 29.9 Å². The molecule has 3 aromatic rings. The maximum Gasteiger partial charge on any atom is 0.269 e. The first kappa shape index (κ1) is 18.8. The lowest BCUT2D eigenvalue weighted by atomic mass is 10.0. The zero-order chi connectivity index (χ0) is 20.9. The van der Waals surface area contributed by atoms with E-state index in [9.17, 15) is 18.4 Å². The van der Waals surface area contributed by atoms with Crippen LogP contribution in [-0.4, -0.2) is 17.6 Å². The number of carbonyl (C=O) groups excluding carboxylic acids is 2. The largest absolute Gasteiger partial charge is 0.304 e. The molecule has 4 nitrogen and oxygen atoms in total. The molecule has 5 rings (SSSR count). The monoisotopic (exact) mass is 422 g/mol. The molecular weight excluding hydrogens is 406 g/mol. The van der Waals surface area contributed by atoms with Crippen LogP contribution >= 0.6 is 11.8 Å². The van der Waals surface area contributed by atoms with Gasteiger partial charge in [0.15, 0.2) is 0 Å². The molecule has 1 atom stereocenters. The lowest BCUT2D eigenvalue weighted by Crippen LogP contribution is -2.49. The summed E-state index contributed by atoms with van der Waals surface area (Å²) in [4.78, 5) is 28.5. The van der Waals surface area contributed by atoms with Gasteiger partial charge < -0.3 is 4.90 Å². The summed E-state index contributed by atoms with van der Waals surface area (Å²) in [7, 11) is 0. The highest BCUT2D eigenvalue weighted by Crippen LogP contribution is 2.55. The van der Waals surface area contributed by atoms with E-state index in [1.54, 1.807) is 17.0 Å². The number of amides is 2. The summed E-state index contributed by atoms with van der Waals surface area (Å²) in [5.41, 5.74) is 2.49. The first-order valence-corrected chi connectivity index (χ1v) is 10.4. The van der Waals surface area contributed by atoms with E-state index in [2.05, 4.69) is 0 Å². The molecule has 1 spiro atoms. The van der Waals surface area contributed by atoms with E-state index in [0.29, 0.717) is 22.5 Å². The fraction of sp³-hybridized carbons (Fsp3) is 0.130. The Morgan fingerprint density at radius 1 is 0.900 bits per heavy atom. The number of hydrogen-bond donors (Lipinski definition) is 0. The predicted molar refractivity (Wildman–Crippen MR) is 112 cm³/mol. The smallest absolute Gasteiger partial charge is 0.269 e. The summed E-state index contributed by atoms with van der Waals surface area (Å²) in [6.07, 6.45) is 0. The number of rotatable bonds is 3. The summed E-state index contributed by atoms with van der Waals surface area (Å²) in [5, 5.41) is 0. The molecule has 0 saturated carbocycles. The topological polar surface area (TPSA) is 40.6 Å². The Kier molecular flexibility index (Phi) is 4.36. The number of anilines is 2. The van der Waals surface area contributed by atoms with Crippen molar-refractivity contribution in [1.29, 1.82) is 0 Å². The fourth-order valence-electron chi connectivity index (χ4n) is 4.12. The summed E-state index contributed by atoms with van der Waals surface area (Å²) >= 11 is 1.25. The normalized spacial score (nSPS) is 20.3. The zero-order valence-corrected chi connectivity index (χ0v) is 16.5. The number of fused-ring (bicyclic) bond motifs is 2. The Hall–Kier alpha value is -3.19. The van der Waals surface area contributed by atoms with E-state index < -0.39 is 10.7 Å². The second kappa shape index (κ2) is 6.95. The van der Waals surface area contributed by atoms with Gasteiger partial charge in [-0.2, -0.15) is 0 Å². The predicted octanol–water partition coefficient (Wildman–Crippen LogP) is 4.44. The zero-order valence-electron chi connectivity index (χ0n) is 15.7. The molecule has 0 bridgehead atoms. The quantitative estimate of drug-likeness (QED) is 0.627. The van der Waals surface area contributed by atoms with Crippen molar-refractivity contribution in [1.82, 2.24) is 0 Å². The maximum atomic E-state index is 13.8. The lowest BCUT2D eigenvalue weighted by molar-refractivity contribution is -0.123. The molecule has 7 heteroatoms. The third kappa shape index (κ3) is 2.73. The van der Waals surface area contributed by atoms with E-state index in [1.807, 2.05) is 24.3 Å². The molecule has 0 radical (unpaired) electrons. The van der Waals surface area contributed by atoms with Crippen molar-refractivity contribution in [3.8, 4) is 0 Å². The number of nitrogens with zero attached hydrogens (tertiary/aromatic N) is 2. The third-order valence-corrected chi connectivity index (χ3v) is 6.76. The van der Waals surface area contributed by atoms with Crippen LogP contribution in [0, 0.1) is 11.6 Å². The van der Waals surface area contributed by atoms with Crippen LogP contribution in [0.2, 0.25) is 0 Å². The van der Waals surface area contributed by atoms with E-state index in [4.69, 9.17) is 0 Å². The minimum atomic E-state index is -1.27. The van der Waals surface area contributed by atoms with Crippen molar-refractivity contribution >= 4 is 35.0 Å². The molecular formula is C23H16F2N2O2S. The average Bonchev–Trinajstić information content (AvgIpc) is 3.20. The van der Waals surface area contributed by atoms with Gasteiger partial charge in [0.2, 0.25) is 10.8 Å². The minimum Gasteiger partial charge on any atom is -0.304 e. The Morgan fingerprint density at radius 2 is 1.67 bits per heavy atom. The van der Waals surface area contributed by atoms with Gasteiger partial charge in [-0.05, 0) is 48.0 Å². The van der Waals surface area contributed by atoms with Crippen LogP contribution in [-0.2, 0) is 21.0 Å². The number of benzene rings is 3. The van der Waals surface area contributed by atoms with Crippen LogP contribution in [0.1, 0.15) is 11.1 Å². The van der Waals surface area contributed by atoms with Crippen LogP contribution in [0.25, 0.3) is 0 Å². The molecule has 0 aliphatic carbocycles. The molecule has 2 aliphatic heterocycles. The van der Waals surface area contributed by atoms with Gasteiger partial charge >= 0.3 is 0 Å². The van der Waals surface area contributed by atoms with Gasteiger partial charge in [-0.15, -0.1) is 11.8 Å². The SMILES string of the molecule is O=C1CS[C@]2(C(=O)N(Cc3cccc(F)c3)c3ccccc32)N1c1ccc(F)cc1. The molecule has 150 valence electrons. The van der Waals surface area contributed by atoms with Crippen LogP contribution < -0.4 is 9.80 Å². The second-order valence-corrected chi connectivity index (χ2v) is 8.34. The van der Waals surface area contributed by atoms with Crippen molar-refractivity contribution < 1.29 is 18.4 Å². The van der Waals surface area contributed by atoms with E-state index in [0.717, 1.165) is 0 Å². The highest BCUT2D eigenvalue weighted by molar-refractivity contribution is 8.02. The summed E-state index contributed by atoms with van der Waals surface area (Å²) in [5.74, 6) is -1.15. The number of thioether (sulfide) groups is 1. The van der Waals surface area contributed by atoms with Crippen molar-refractivity contribution in [2.24, 2.45) is 0 Å². The van der Waals surface area contributed by atoms with Crippen molar-refractivity contribution in [3.05, 3.63) is 95.6 Å². The van der Waals surface area contributed by atoms with Gasteiger partial charge in [0.1, 0.15) is 11.6 Å².